The number of rotatable bonds is 7. The van der Waals surface area contributed by atoms with Crippen molar-refractivity contribution in [3.05, 3.63) is 84.4 Å². The third-order valence-corrected chi connectivity index (χ3v) is 3.54. The zero-order chi connectivity index (χ0) is 14.9. The molecule has 0 radical (unpaired) electrons. The summed E-state index contributed by atoms with van der Waals surface area (Å²) in [6, 6.07) is 19.6. The number of hydrogen-bond donors (Lipinski definition) is 1. The first kappa shape index (κ1) is 15.0. The summed E-state index contributed by atoms with van der Waals surface area (Å²) in [7, 11) is 0. The number of amides is 1. The molecular formula is C19H21NO. The van der Waals surface area contributed by atoms with Gasteiger partial charge in [0.05, 0.1) is 0 Å². The summed E-state index contributed by atoms with van der Waals surface area (Å²) in [5, 5.41) is 3.03. The van der Waals surface area contributed by atoms with E-state index in [0.29, 0.717) is 18.0 Å². The SMILES string of the molecule is C=CCCC(CNC(=O)c1ccccc1)c1ccccc1. The molecule has 0 aliphatic rings. The van der Waals surface area contributed by atoms with Crippen LogP contribution in [0.1, 0.15) is 34.7 Å². The van der Waals surface area contributed by atoms with E-state index < -0.39 is 0 Å². The first-order valence-electron chi connectivity index (χ1n) is 7.30. The second-order valence-corrected chi connectivity index (χ2v) is 5.05. The molecule has 1 amide bonds. The zero-order valence-electron chi connectivity index (χ0n) is 12.2. The van der Waals surface area contributed by atoms with Gasteiger partial charge in [-0.15, -0.1) is 6.58 Å². The summed E-state index contributed by atoms with van der Waals surface area (Å²) in [5.41, 5.74) is 1.96. The summed E-state index contributed by atoms with van der Waals surface area (Å²) < 4.78 is 0. The van der Waals surface area contributed by atoms with Crippen molar-refractivity contribution in [2.45, 2.75) is 18.8 Å². The lowest BCUT2D eigenvalue weighted by molar-refractivity contribution is 0.0950. The molecule has 1 N–H and O–H groups in total. The molecule has 0 saturated heterocycles. The van der Waals surface area contributed by atoms with Gasteiger partial charge in [0, 0.05) is 18.0 Å². The van der Waals surface area contributed by atoms with E-state index in [9.17, 15) is 4.79 Å². The third-order valence-electron chi connectivity index (χ3n) is 3.54. The Labute approximate surface area is 126 Å². The van der Waals surface area contributed by atoms with Crippen LogP contribution in [0.2, 0.25) is 0 Å². The van der Waals surface area contributed by atoms with E-state index in [-0.39, 0.29) is 5.91 Å². The number of hydrogen-bond acceptors (Lipinski definition) is 1. The third kappa shape index (κ3) is 4.60. The Balaban J connectivity index is 1.99. The van der Waals surface area contributed by atoms with E-state index in [1.54, 1.807) is 0 Å². The van der Waals surface area contributed by atoms with E-state index in [2.05, 4.69) is 24.0 Å². The second kappa shape index (κ2) is 8.05. The molecule has 2 aromatic rings. The van der Waals surface area contributed by atoms with Gasteiger partial charge < -0.3 is 5.32 Å². The molecule has 2 aromatic carbocycles. The molecule has 2 heteroatoms. The fraction of sp³-hybridized carbons (Fsp3) is 0.211. The Bertz CT molecular complexity index is 563. The van der Waals surface area contributed by atoms with Crippen LogP contribution in [0.4, 0.5) is 0 Å². The predicted molar refractivity (Wildman–Crippen MR) is 87.4 cm³/mol. The van der Waals surface area contributed by atoms with Crippen LogP contribution in [0.15, 0.2) is 73.3 Å². The monoisotopic (exact) mass is 279 g/mol. The van der Waals surface area contributed by atoms with Gasteiger partial charge in [-0.3, -0.25) is 4.79 Å². The minimum atomic E-state index is -0.0184. The number of carbonyl (C=O) groups is 1. The molecule has 1 atom stereocenters. The molecule has 0 aliphatic carbocycles. The Morgan fingerprint density at radius 2 is 1.67 bits per heavy atom. The molecule has 2 nitrogen and oxygen atoms in total. The Kier molecular flexibility index (Phi) is 5.77. The van der Waals surface area contributed by atoms with Crippen LogP contribution < -0.4 is 5.32 Å². The van der Waals surface area contributed by atoms with Crippen molar-refractivity contribution in [1.29, 1.82) is 0 Å². The molecule has 0 bridgehead atoms. The highest BCUT2D eigenvalue weighted by molar-refractivity contribution is 5.94. The summed E-state index contributed by atoms with van der Waals surface area (Å²) >= 11 is 0. The summed E-state index contributed by atoms with van der Waals surface area (Å²) in [6.07, 6.45) is 3.86. The van der Waals surface area contributed by atoms with Gasteiger partial charge in [-0.2, -0.15) is 0 Å². The number of allylic oxidation sites excluding steroid dienone is 1. The number of nitrogens with one attached hydrogen (secondary N) is 1. The summed E-state index contributed by atoms with van der Waals surface area (Å²) in [4.78, 5) is 12.1. The maximum atomic E-state index is 12.1. The van der Waals surface area contributed by atoms with Crippen LogP contribution >= 0.6 is 0 Å². The first-order chi connectivity index (χ1) is 10.3. The van der Waals surface area contributed by atoms with E-state index in [4.69, 9.17) is 0 Å². The van der Waals surface area contributed by atoms with Crippen LogP contribution in [0.5, 0.6) is 0 Å². The summed E-state index contributed by atoms with van der Waals surface area (Å²) in [6.45, 7) is 4.43. The summed E-state index contributed by atoms with van der Waals surface area (Å²) in [5.74, 6) is 0.298. The van der Waals surface area contributed by atoms with Crippen molar-refractivity contribution in [2.24, 2.45) is 0 Å². The molecule has 0 saturated carbocycles. The van der Waals surface area contributed by atoms with Gasteiger partial charge in [-0.25, -0.2) is 0 Å². The van der Waals surface area contributed by atoms with E-state index in [1.807, 2.05) is 54.6 Å². The zero-order valence-corrected chi connectivity index (χ0v) is 12.2. The maximum absolute atomic E-state index is 12.1. The second-order valence-electron chi connectivity index (χ2n) is 5.05. The molecule has 1 unspecified atom stereocenters. The minimum Gasteiger partial charge on any atom is -0.351 e. The van der Waals surface area contributed by atoms with E-state index in [1.165, 1.54) is 5.56 Å². The molecule has 0 aromatic heterocycles. The van der Waals surface area contributed by atoms with Gasteiger partial charge in [-0.1, -0.05) is 54.6 Å². The molecule has 0 fully saturated rings. The highest BCUT2D eigenvalue weighted by Gasteiger charge is 2.12. The molecule has 108 valence electrons. The lowest BCUT2D eigenvalue weighted by Crippen LogP contribution is -2.28. The Hall–Kier alpha value is -2.35. The highest BCUT2D eigenvalue weighted by Crippen LogP contribution is 2.20. The van der Waals surface area contributed by atoms with Gasteiger partial charge >= 0.3 is 0 Å². The van der Waals surface area contributed by atoms with Crippen LogP contribution in [0.3, 0.4) is 0 Å². The minimum absolute atomic E-state index is 0.0184. The van der Waals surface area contributed by atoms with Crippen molar-refractivity contribution in [3.63, 3.8) is 0 Å². The molecule has 2 rings (SSSR count). The van der Waals surface area contributed by atoms with Crippen molar-refractivity contribution in [3.8, 4) is 0 Å². The largest absolute Gasteiger partial charge is 0.351 e. The fourth-order valence-electron chi connectivity index (χ4n) is 2.34. The Morgan fingerprint density at radius 3 is 2.29 bits per heavy atom. The molecule has 21 heavy (non-hydrogen) atoms. The van der Waals surface area contributed by atoms with Gasteiger partial charge in [0.1, 0.15) is 0 Å². The van der Waals surface area contributed by atoms with Gasteiger partial charge in [0.25, 0.3) is 5.91 Å². The lowest BCUT2D eigenvalue weighted by Gasteiger charge is -2.17. The normalized spacial score (nSPS) is 11.6. The van der Waals surface area contributed by atoms with Crippen LogP contribution in [-0.2, 0) is 0 Å². The van der Waals surface area contributed by atoms with E-state index in [0.717, 1.165) is 12.8 Å². The van der Waals surface area contributed by atoms with Crippen molar-refractivity contribution in [2.75, 3.05) is 6.54 Å². The van der Waals surface area contributed by atoms with Crippen molar-refractivity contribution in [1.82, 2.24) is 5.32 Å². The quantitative estimate of drug-likeness (QED) is 0.757. The Morgan fingerprint density at radius 1 is 1.05 bits per heavy atom. The number of carbonyl (C=O) groups excluding carboxylic acids is 1. The topological polar surface area (TPSA) is 29.1 Å². The van der Waals surface area contributed by atoms with Crippen molar-refractivity contribution >= 4 is 5.91 Å². The number of benzene rings is 2. The van der Waals surface area contributed by atoms with Gasteiger partial charge in [-0.05, 0) is 30.5 Å². The van der Waals surface area contributed by atoms with Crippen molar-refractivity contribution < 1.29 is 4.79 Å². The van der Waals surface area contributed by atoms with E-state index >= 15 is 0 Å². The smallest absolute Gasteiger partial charge is 0.251 e. The highest BCUT2D eigenvalue weighted by atomic mass is 16.1. The standard InChI is InChI=1S/C19H21NO/c1-2-3-10-18(16-11-6-4-7-12-16)15-20-19(21)17-13-8-5-9-14-17/h2,4-9,11-14,18H,1,3,10,15H2,(H,20,21). The molecule has 0 spiro atoms. The van der Waals surface area contributed by atoms with Crippen LogP contribution in [0.25, 0.3) is 0 Å². The predicted octanol–water partition coefficient (Wildman–Crippen LogP) is 4.17. The van der Waals surface area contributed by atoms with Crippen LogP contribution in [0, 0.1) is 0 Å². The lowest BCUT2D eigenvalue weighted by atomic mass is 9.94. The molecule has 0 heterocycles. The maximum Gasteiger partial charge on any atom is 0.251 e. The molecule has 0 aliphatic heterocycles. The molecular weight excluding hydrogens is 258 g/mol. The van der Waals surface area contributed by atoms with Crippen LogP contribution in [-0.4, -0.2) is 12.5 Å². The van der Waals surface area contributed by atoms with Gasteiger partial charge in [0.15, 0.2) is 0 Å². The average Bonchev–Trinajstić information content (AvgIpc) is 2.56. The average molecular weight is 279 g/mol. The fourth-order valence-corrected chi connectivity index (χ4v) is 2.34. The van der Waals surface area contributed by atoms with Gasteiger partial charge in [0.2, 0.25) is 0 Å². The first-order valence-corrected chi connectivity index (χ1v) is 7.30.